The van der Waals surface area contributed by atoms with Crippen molar-refractivity contribution in [1.82, 2.24) is 0 Å². The lowest BCUT2D eigenvalue weighted by Crippen LogP contribution is -2.30. The molecule has 0 aromatic carbocycles. The normalized spacial score (nSPS) is 12.1. The fourth-order valence-electron chi connectivity index (χ4n) is 11.2. The quantitative estimate of drug-likeness (QED) is 0.0261. The molecule has 0 heterocycles. The molecule has 0 radical (unpaired) electrons. The maximum atomic E-state index is 13.0. The van der Waals surface area contributed by atoms with Gasteiger partial charge in [-0.3, -0.25) is 14.4 Å². The Morgan fingerprint density at radius 3 is 0.688 bits per heavy atom. The van der Waals surface area contributed by atoms with Gasteiger partial charge in [-0.2, -0.15) is 0 Å². The maximum absolute atomic E-state index is 13.0. The van der Waals surface area contributed by atoms with Gasteiger partial charge >= 0.3 is 17.9 Å². The number of allylic oxidation sites excluding steroid dienone is 4. The Hall–Kier alpha value is -2.11. The number of unbranched alkanes of at least 4 members (excludes halogenated alkanes) is 53. The lowest BCUT2D eigenvalue weighted by Gasteiger charge is -2.18. The van der Waals surface area contributed by atoms with E-state index in [1.807, 2.05) is 0 Å². The van der Waals surface area contributed by atoms with Gasteiger partial charge in [-0.05, 0) is 51.4 Å². The van der Waals surface area contributed by atoms with Crippen LogP contribution >= 0.6 is 0 Å². The highest BCUT2D eigenvalue weighted by Gasteiger charge is 2.19. The molecule has 6 heteroatoms. The second-order valence-corrected chi connectivity index (χ2v) is 24.9. The van der Waals surface area contributed by atoms with E-state index in [9.17, 15) is 14.4 Å². The van der Waals surface area contributed by atoms with Gasteiger partial charge in [-0.25, -0.2) is 0 Å². The number of hydrogen-bond donors (Lipinski definition) is 0. The number of carbonyl (C=O) groups excluding carboxylic acids is 3. The molecule has 0 aromatic heterocycles. The predicted molar refractivity (Wildman–Crippen MR) is 349 cm³/mol. The highest BCUT2D eigenvalue weighted by atomic mass is 16.6. The Labute approximate surface area is 500 Å². The van der Waals surface area contributed by atoms with Crippen LogP contribution in [0.3, 0.4) is 0 Å². The third-order valence-corrected chi connectivity index (χ3v) is 16.7. The van der Waals surface area contributed by atoms with Gasteiger partial charge in [0.15, 0.2) is 6.10 Å². The minimum absolute atomic E-state index is 0.0637. The lowest BCUT2D eigenvalue weighted by atomic mass is 10.0. The minimum atomic E-state index is -0.767. The molecule has 1 unspecified atom stereocenters. The molecule has 472 valence electrons. The van der Waals surface area contributed by atoms with Crippen LogP contribution in [0.1, 0.15) is 412 Å². The van der Waals surface area contributed by atoms with E-state index in [0.717, 1.165) is 64.2 Å². The first-order valence-electron chi connectivity index (χ1n) is 36.3. The molecule has 0 fully saturated rings. The highest BCUT2D eigenvalue weighted by Crippen LogP contribution is 2.19. The Bertz CT molecular complexity index is 1290. The smallest absolute Gasteiger partial charge is 0.306 e. The van der Waals surface area contributed by atoms with E-state index < -0.39 is 6.10 Å². The number of esters is 3. The van der Waals surface area contributed by atoms with Crippen LogP contribution in [0.25, 0.3) is 0 Å². The van der Waals surface area contributed by atoms with Crippen LogP contribution in [0.15, 0.2) is 24.3 Å². The molecule has 0 N–H and O–H groups in total. The summed E-state index contributed by atoms with van der Waals surface area (Å²) in [6.45, 7) is 6.71. The van der Waals surface area contributed by atoms with Gasteiger partial charge in [0.05, 0.1) is 0 Å². The molecule has 0 saturated heterocycles. The van der Waals surface area contributed by atoms with Crippen molar-refractivity contribution in [3.8, 4) is 0 Å². The van der Waals surface area contributed by atoms with Crippen LogP contribution in [0.5, 0.6) is 0 Å². The van der Waals surface area contributed by atoms with Crippen LogP contribution < -0.4 is 0 Å². The molecule has 80 heavy (non-hydrogen) atoms. The molecule has 0 rings (SSSR count). The molecular weight excluding hydrogens is 985 g/mol. The topological polar surface area (TPSA) is 78.9 Å². The largest absolute Gasteiger partial charge is 0.462 e. The summed E-state index contributed by atoms with van der Waals surface area (Å²) in [5, 5.41) is 0. The minimum Gasteiger partial charge on any atom is -0.462 e. The molecule has 1 atom stereocenters. The third kappa shape index (κ3) is 66.7. The molecule has 0 saturated carbocycles. The SMILES string of the molecule is CCCCCCC/C=C\C/C=C\CCCCCCCCCCCCCCCCCC(=O)OCC(COC(=O)CCCCCCCCCCCCCC)OC(=O)CCCCCCCCCCCCCCCCCCCCCCCCC. The predicted octanol–water partition coefficient (Wildman–Crippen LogP) is 25.0. The summed E-state index contributed by atoms with van der Waals surface area (Å²) in [7, 11) is 0. The zero-order valence-electron chi connectivity index (χ0n) is 54.4. The summed E-state index contributed by atoms with van der Waals surface area (Å²) in [5.74, 6) is -0.829. The Morgan fingerprint density at radius 2 is 0.450 bits per heavy atom. The monoisotopic (exact) mass is 1130 g/mol. The van der Waals surface area contributed by atoms with Crippen LogP contribution in [0.4, 0.5) is 0 Å². The second-order valence-electron chi connectivity index (χ2n) is 24.9. The van der Waals surface area contributed by atoms with Crippen molar-refractivity contribution in [3.05, 3.63) is 24.3 Å². The number of hydrogen-bond acceptors (Lipinski definition) is 6. The van der Waals surface area contributed by atoms with Crippen LogP contribution in [0.2, 0.25) is 0 Å². The number of ether oxygens (including phenoxy) is 3. The van der Waals surface area contributed by atoms with Crippen molar-refractivity contribution >= 4 is 17.9 Å². The van der Waals surface area contributed by atoms with E-state index in [4.69, 9.17) is 14.2 Å². The van der Waals surface area contributed by atoms with Gasteiger partial charge < -0.3 is 14.2 Å². The van der Waals surface area contributed by atoms with E-state index in [-0.39, 0.29) is 31.1 Å². The van der Waals surface area contributed by atoms with Crippen molar-refractivity contribution in [2.24, 2.45) is 0 Å². The van der Waals surface area contributed by atoms with Crippen LogP contribution in [0, 0.1) is 0 Å². The number of carbonyl (C=O) groups is 3. The van der Waals surface area contributed by atoms with Gasteiger partial charge in [-0.15, -0.1) is 0 Å². The fourth-order valence-corrected chi connectivity index (χ4v) is 11.2. The summed E-state index contributed by atoms with van der Waals surface area (Å²) in [4.78, 5) is 38.4. The Kier molecular flexibility index (Phi) is 67.6. The summed E-state index contributed by atoms with van der Waals surface area (Å²) in [6.07, 6.45) is 85.0. The molecule has 6 nitrogen and oxygen atoms in total. The van der Waals surface area contributed by atoms with Gasteiger partial charge in [0.25, 0.3) is 0 Å². The molecule has 0 aliphatic heterocycles. The van der Waals surface area contributed by atoms with Crippen molar-refractivity contribution < 1.29 is 28.6 Å². The first-order valence-corrected chi connectivity index (χ1v) is 36.3. The van der Waals surface area contributed by atoms with Crippen molar-refractivity contribution in [1.29, 1.82) is 0 Å². The summed E-state index contributed by atoms with van der Waals surface area (Å²) < 4.78 is 17.0. The van der Waals surface area contributed by atoms with Crippen LogP contribution in [-0.2, 0) is 28.6 Å². The van der Waals surface area contributed by atoms with Crippen molar-refractivity contribution in [2.45, 2.75) is 419 Å². The Morgan fingerprint density at radius 1 is 0.250 bits per heavy atom. The lowest BCUT2D eigenvalue weighted by molar-refractivity contribution is -0.167. The molecular formula is C74H140O6. The summed E-state index contributed by atoms with van der Waals surface area (Å²) >= 11 is 0. The second kappa shape index (κ2) is 69.4. The molecule has 0 bridgehead atoms. The zero-order chi connectivity index (χ0) is 57.8. The summed E-state index contributed by atoms with van der Waals surface area (Å²) in [5.41, 5.74) is 0. The molecule has 0 spiro atoms. The first kappa shape index (κ1) is 77.9. The van der Waals surface area contributed by atoms with E-state index in [1.165, 1.54) is 308 Å². The average molecular weight is 1130 g/mol. The number of rotatable bonds is 68. The van der Waals surface area contributed by atoms with Gasteiger partial charge in [0.2, 0.25) is 0 Å². The van der Waals surface area contributed by atoms with Gasteiger partial charge in [0, 0.05) is 19.3 Å². The molecule has 0 aromatic rings. The van der Waals surface area contributed by atoms with Gasteiger partial charge in [-0.1, -0.05) is 366 Å². The Balaban J connectivity index is 4.17. The molecule has 0 amide bonds. The average Bonchev–Trinajstić information content (AvgIpc) is 3.46. The van der Waals surface area contributed by atoms with Crippen LogP contribution in [-0.4, -0.2) is 37.2 Å². The van der Waals surface area contributed by atoms with Crippen molar-refractivity contribution in [2.75, 3.05) is 13.2 Å². The molecule has 0 aliphatic rings. The van der Waals surface area contributed by atoms with Gasteiger partial charge in [0.1, 0.15) is 13.2 Å². The molecule has 0 aliphatic carbocycles. The van der Waals surface area contributed by atoms with E-state index in [0.29, 0.717) is 19.3 Å². The van der Waals surface area contributed by atoms with E-state index in [2.05, 4.69) is 45.1 Å². The van der Waals surface area contributed by atoms with E-state index in [1.54, 1.807) is 0 Å². The third-order valence-electron chi connectivity index (χ3n) is 16.7. The first-order chi connectivity index (χ1) is 39.5. The fraction of sp³-hybridized carbons (Fsp3) is 0.905. The van der Waals surface area contributed by atoms with Crippen molar-refractivity contribution in [3.63, 3.8) is 0 Å². The highest BCUT2D eigenvalue weighted by molar-refractivity contribution is 5.71. The zero-order valence-corrected chi connectivity index (χ0v) is 54.4. The summed E-state index contributed by atoms with van der Waals surface area (Å²) in [6, 6.07) is 0. The standard InChI is InChI=1S/C74H140O6/c1-4-7-10-13-16-19-22-25-27-29-31-33-35-36-37-38-40-41-43-45-47-49-52-55-58-61-64-67-73(76)79-70-71(69-78-72(75)66-63-60-57-54-51-24-21-18-15-12-9-6-3)80-74(77)68-65-62-59-56-53-50-48-46-44-42-39-34-32-30-28-26-23-20-17-14-11-8-5-2/h22,25,29,31,71H,4-21,23-24,26-28,30,32-70H2,1-3H3/b25-22-,31-29-. The maximum Gasteiger partial charge on any atom is 0.306 e. The van der Waals surface area contributed by atoms with E-state index >= 15 is 0 Å².